The highest BCUT2D eigenvalue weighted by molar-refractivity contribution is 5.82. The second-order valence-corrected chi connectivity index (χ2v) is 10.6. The molecule has 9 nitrogen and oxygen atoms in total. The summed E-state index contributed by atoms with van der Waals surface area (Å²) < 4.78 is 24.0. The van der Waals surface area contributed by atoms with E-state index in [9.17, 15) is 15.0 Å². The van der Waals surface area contributed by atoms with Crippen LogP contribution < -0.4 is 24.4 Å². The number of hydroxylamine groups is 1. The van der Waals surface area contributed by atoms with Crippen LogP contribution in [0.4, 0.5) is 0 Å². The average Bonchev–Trinajstić information content (AvgIpc) is 3.43. The standard InChI is InChI=1S/C34H33NO8/c1-39-25-18-26(40-2)30-27(19-25)43-34(23-14-16-24(17-15-23)42-20-21-10-6-4-7-11-21)29(22-12-8-5-9-13-22)28(32(37)35-41-3)31(36)33(30,34)38/h4-19,28-29,31,36,38H,20H2,1-3H3,(H,35,37)/t28-,29-,31+,33-,34?/m0/s1. The highest BCUT2D eigenvalue weighted by Gasteiger charge is 2.78. The Morgan fingerprint density at radius 3 is 2.19 bits per heavy atom. The molecule has 0 bridgehead atoms. The number of rotatable bonds is 9. The molecule has 43 heavy (non-hydrogen) atoms. The van der Waals surface area contributed by atoms with Crippen molar-refractivity contribution in [3.63, 3.8) is 0 Å². The first-order valence-corrected chi connectivity index (χ1v) is 13.9. The van der Waals surface area contributed by atoms with E-state index >= 15 is 0 Å². The van der Waals surface area contributed by atoms with Gasteiger partial charge in [0.1, 0.15) is 35.7 Å². The molecule has 1 heterocycles. The van der Waals surface area contributed by atoms with Crippen molar-refractivity contribution < 1.29 is 38.8 Å². The van der Waals surface area contributed by atoms with Gasteiger partial charge in [-0.2, -0.15) is 0 Å². The van der Waals surface area contributed by atoms with Crippen LogP contribution >= 0.6 is 0 Å². The second kappa shape index (κ2) is 11.3. The van der Waals surface area contributed by atoms with E-state index in [1.54, 1.807) is 36.4 Å². The monoisotopic (exact) mass is 583 g/mol. The van der Waals surface area contributed by atoms with E-state index in [1.165, 1.54) is 21.3 Å². The molecule has 1 aliphatic heterocycles. The van der Waals surface area contributed by atoms with Gasteiger partial charge < -0.3 is 29.2 Å². The fraction of sp³-hybridized carbons (Fsp3) is 0.265. The Labute approximate surface area is 249 Å². The number of ether oxygens (including phenoxy) is 4. The van der Waals surface area contributed by atoms with Crippen molar-refractivity contribution in [2.45, 2.75) is 29.8 Å². The van der Waals surface area contributed by atoms with Crippen molar-refractivity contribution in [2.24, 2.45) is 5.92 Å². The van der Waals surface area contributed by atoms with Crippen LogP contribution in [0, 0.1) is 5.92 Å². The molecule has 1 saturated carbocycles. The van der Waals surface area contributed by atoms with Crippen molar-refractivity contribution in [1.29, 1.82) is 0 Å². The number of hydrogen-bond acceptors (Lipinski definition) is 8. The largest absolute Gasteiger partial charge is 0.496 e. The molecule has 0 aromatic heterocycles. The lowest BCUT2D eigenvalue weighted by Gasteiger charge is -2.40. The lowest BCUT2D eigenvalue weighted by molar-refractivity contribution is -0.157. The summed E-state index contributed by atoms with van der Waals surface area (Å²) in [5.41, 5.74) is 1.00. The number of aliphatic hydroxyl groups is 2. The average molecular weight is 584 g/mol. The molecule has 4 aromatic rings. The van der Waals surface area contributed by atoms with Gasteiger partial charge in [-0.25, -0.2) is 5.48 Å². The predicted molar refractivity (Wildman–Crippen MR) is 157 cm³/mol. The number of fused-ring (bicyclic) bond motifs is 3. The van der Waals surface area contributed by atoms with Gasteiger partial charge in [0.25, 0.3) is 0 Å². The first kappa shape index (κ1) is 28.5. The summed E-state index contributed by atoms with van der Waals surface area (Å²) in [6.07, 6.45) is -1.63. The molecule has 0 saturated heterocycles. The summed E-state index contributed by atoms with van der Waals surface area (Å²) >= 11 is 0. The number of hydrogen-bond donors (Lipinski definition) is 3. The van der Waals surface area contributed by atoms with Gasteiger partial charge in [-0.1, -0.05) is 72.8 Å². The molecule has 9 heteroatoms. The number of carbonyl (C=O) groups excluding carboxylic acids is 1. The van der Waals surface area contributed by atoms with Crippen molar-refractivity contribution >= 4 is 5.91 Å². The molecular weight excluding hydrogens is 550 g/mol. The van der Waals surface area contributed by atoms with Gasteiger partial charge in [0.15, 0.2) is 11.2 Å². The maximum atomic E-state index is 13.6. The molecule has 5 atom stereocenters. The lowest BCUT2D eigenvalue weighted by atomic mass is 9.70. The first-order valence-electron chi connectivity index (χ1n) is 13.9. The van der Waals surface area contributed by atoms with Crippen molar-refractivity contribution in [1.82, 2.24) is 5.48 Å². The molecule has 6 rings (SSSR count). The second-order valence-electron chi connectivity index (χ2n) is 10.6. The summed E-state index contributed by atoms with van der Waals surface area (Å²) in [6.45, 7) is 0.374. The Bertz CT molecular complexity index is 1600. The zero-order valence-corrected chi connectivity index (χ0v) is 24.0. The fourth-order valence-electron chi connectivity index (χ4n) is 6.66. The van der Waals surface area contributed by atoms with Gasteiger partial charge in [-0.05, 0) is 28.8 Å². The minimum Gasteiger partial charge on any atom is -0.496 e. The fourth-order valence-corrected chi connectivity index (χ4v) is 6.66. The van der Waals surface area contributed by atoms with E-state index in [-0.39, 0.29) is 17.1 Å². The van der Waals surface area contributed by atoms with Crippen LogP contribution in [0.3, 0.4) is 0 Å². The molecule has 1 amide bonds. The van der Waals surface area contributed by atoms with Crippen molar-refractivity contribution in [3.8, 4) is 23.0 Å². The van der Waals surface area contributed by atoms with E-state index < -0.39 is 35.0 Å². The Morgan fingerprint density at radius 2 is 1.56 bits per heavy atom. The van der Waals surface area contributed by atoms with E-state index in [0.717, 1.165) is 5.56 Å². The summed E-state index contributed by atoms with van der Waals surface area (Å²) in [6, 6.07) is 29.4. The van der Waals surface area contributed by atoms with E-state index in [2.05, 4.69) is 5.48 Å². The maximum absolute atomic E-state index is 13.6. The zero-order valence-electron chi connectivity index (χ0n) is 24.0. The van der Waals surface area contributed by atoms with Crippen molar-refractivity contribution in [3.05, 3.63) is 119 Å². The van der Waals surface area contributed by atoms with Gasteiger partial charge in [-0.3, -0.25) is 9.63 Å². The molecule has 4 aromatic carbocycles. The number of aliphatic hydroxyl groups excluding tert-OH is 1. The highest BCUT2D eigenvalue weighted by atomic mass is 16.6. The molecule has 3 N–H and O–H groups in total. The van der Waals surface area contributed by atoms with Crippen LogP contribution in [0.2, 0.25) is 0 Å². The Morgan fingerprint density at radius 1 is 0.884 bits per heavy atom. The smallest absolute Gasteiger partial charge is 0.250 e. The van der Waals surface area contributed by atoms with Crippen molar-refractivity contribution in [2.75, 3.05) is 21.3 Å². The van der Waals surface area contributed by atoms with Crippen LogP contribution in [0.1, 0.15) is 28.2 Å². The lowest BCUT2D eigenvalue weighted by Crippen LogP contribution is -2.52. The third-order valence-electron chi connectivity index (χ3n) is 8.47. The third kappa shape index (κ3) is 4.39. The molecule has 0 radical (unpaired) electrons. The number of benzene rings is 4. The van der Waals surface area contributed by atoms with Crippen LogP contribution in [0.25, 0.3) is 0 Å². The molecule has 1 aliphatic carbocycles. The van der Waals surface area contributed by atoms with Crippen LogP contribution in [-0.2, 0) is 27.4 Å². The van der Waals surface area contributed by atoms with Gasteiger partial charge in [0, 0.05) is 18.1 Å². The number of nitrogens with one attached hydrogen (secondary N) is 1. The Balaban J connectivity index is 1.55. The summed E-state index contributed by atoms with van der Waals surface area (Å²) in [4.78, 5) is 18.6. The van der Waals surface area contributed by atoms with E-state index in [4.69, 9.17) is 23.8 Å². The number of methoxy groups -OCH3 is 2. The maximum Gasteiger partial charge on any atom is 0.250 e. The molecule has 0 spiro atoms. The molecule has 1 fully saturated rings. The highest BCUT2D eigenvalue weighted by Crippen LogP contribution is 2.70. The number of amides is 1. The Kier molecular flexibility index (Phi) is 7.47. The van der Waals surface area contributed by atoms with Crippen LogP contribution in [-0.4, -0.2) is 43.6 Å². The molecule has 2 aliphatic rings. The normalized spacial score (nSPS) is 25.3. The van der Waals surface area contributed by atoms with Gasteiger partial charge in [0.05, 0.1) is 32.8 Å². The Hall–Kier alpha value is -4.57. The first-order chi connectivity index (χ1) is 20.9. The number of carbonyl (C=O) groups is 1. The summed E-state index contributed by atoms with van der Waals surface area (Å²) in [7, 11) is 4.29. The molecule has 222 valence electrons. The zero-order chi connectivity index (χ0) is 30.2. The SMILES string of the molecule is CONC(=O)[C@@H]1[C@@H](O)[C@@]2(O)c3c(OC)cc(OC)cc3OC2(c2ccc(OCc3ccccc3)cc2)[C@H]1c1ccccc1. The van der Waals surface area contributed by atoms with E-state index in [1.807, 2.05) is 60.7 Å². The quantitative estimate of drug-likeness (QED) is 0.251. The van der Waals surface area contributed by atoms with E-state index in [0.29, 0.717) is 29.2 Å². The summed E-state index contributed by atoms with van der Waals surface area (Å²) in [5, 5.41) is 25.0. The van der Waals surface area contributed by atoms with Crippen LogP contribution in [0.5, 0.6) is 23.0 Å². The van der Waals surface area contributed by atoms with Gasteiger partial charge in [-0.15, -0.1) is 0 Å². The summed E-state index contributed by atoms with van der Waals surface area (Å²) in [5.74, 6) is -1.09. The predicted octanol–water partition coefficient (Wildman–Crippen LogP) is 4.21. The minimum atomic E-state index is -2.14. The minimum absolute atomic E-state index is 0.223. The third-order valence-corrected chi connectivity index (χ3v) is 8.47. The van der Waals surface area contributed by atoms with Gasteiger partial charge in [0.2, 0.25) is 5.91 Å². The molecular formula is C34H33NO8. The topological polar surface area (TPSA) is 116 Å². The van der Waals surface area contributed by atoms with Gasteiger partial charge >= 0.3 is 0 Å². The molecule has 1 unspecified atom stereocenters. The van der Waals surface area contributed by atoms with Crippen LogP contribution in [0.15, 0.2) is 97.1 Å².